The van der Waals surface area contributed by atoms with Gasteiger partial charge in [-0.1, -0.05) is 29.4 Å². The van der Waals surface area contributed by atoms with Crippen LogP contribution in [0.2, 0.25) is 0 Å². The minimum Gasteiger partial charge on any atom is -0.492 e. The lowest BCUT2D eigenvalue weighted by molar-refractivity contribution is 0.104. The lowest BCUT2D eigenvalue weighted by Crippen LogP contribution is -2.47. The average molecular weight is 403 g/mol. The Morgan fingerprint density at radius 1 is 1.03 bits per heavy atom. The number of nitrogens with zero attached hydrogens (tertiary/aromatic N) is 5. The summed E-state index contributed by atoms with van der Waals surface area (Å²) in [5.74, 6) is 2.11. The molecule has 0 unspecified atom stereocenters. The van der Waals surface area contributed by atoms with Crippen LogP contribution >= 0.6 is 0 Å². The smallest absolute Gasteiger partial charge is 0.241 e. The Balaban J connectivity index is 1.20. The minimum atomic E-state index is 0.634. The number of hydrogen-bond donors (Lipinski definition) is 0. The maximum atomic E-state index is 8.84. The number of hydrogen-bond acceptors (Lipinski definition) is 7. The van der Waals surface area contributed by atoms with Crippen LogP contribution in [-0.2, 0) is 6.54 Å². The zero-order valence-corrected chi connectivity index (χ0v) is 17.1. The molecule has 1 saturated heterocycles. The van der Waals surface area contributed by atoms with Crippen LogP contribution in [-0.4, -0.2) is 59.3 Å². The molecule has 1 aliphatic rings. The fourth-order valence-electron chi connectivity index (χ4n) is 3.53. The molecule has 0 bridgehead atoms. The second-order valence-electron chi connectivity index (χ2n) is 7.43. The predicted molar refractivity (Wildman–Crippen MR) is 113 cm³/mol. The van der Waals surface area contributed by atoms with E-state index < -0.39 is 0 Å². The van der Waals surface area contributed by atoms with Gasteiger partial charge in [-0.05, 0) is 36.8 Å². The topological polar surface area (TPSA) is 78.4 Å². The van der Waals surface area contributed by atoms with E-state index in [1.165, 1.54) is 0 Å². The van der Waals surface area contributed by atoms with Gasteiger partial charge in [-0.2, -0.15) is 10.2 Å². The minimum absolute atomic E-state index is 0.634. The average Bonchev–Trinajstić information content (AvgIpc) is 3.24. The van der Waals surface area contributed by atoms with E-state index in [1.807, 2.05) is 30.3 Å². The molecule has 0 radical (unpaired) electrons. The van der Waals surface area contributed by atoms with E-state index in [0.717, 1.165) is 49.6 Å². The van der Waals surface area contributed by atoms with Gasteiger partial charge in [0.1, 0.15) is 12.4 Å². The molecule has 0 saturated carbocycles. The third-order valence-corrected chi connectivity index (χ3v) is 5.34. The fourth-order valence-corrected chi connectivity index (χ4v) is 3.53. The van der Waals surface area contributed by atoms with Gasteiger partial charge in [0.15, 0.2) is 0 Å². The Morgan fingerprint density at radius 3 is 2.50 bits per heavy atom. The Bertz CT molecular complexity index is 1000. The number of benzene rings is 2. The molecule has 0 atom stereocenters. The third kappa shape index (κ3) is 5.03. The molecular formula is C23H25N5O2. The first kappa shape index (κ1) is 20.1. The molecule has 1 aliphatic heterocycles. The van der Waals surface area contributed by atoms with Crippen molar-refractivity contribution in [1.29, 1.82) is 5.26 Å². The number of rotatable bonds is 7. The normalized spacial score (nSPS) is 15.1. The van der Waals surface area contributed by atoms with Gasteiger partial charge in [-0.25, -0.2) is 0 Å². The molecule has 1 fully saturated rings. The van der Waals surface area contributed by atoms with E-state index in [0.29, 0.717) is 30.4 Å². The highest BCUT2D eigenvalue weighted by Gasteiger charge is 2.19. The van der Waals surface area contributed by atoms with E-state index >= 15 is 0 Å². The van der Waals surface area contributed by atoms with Crippen LogP contribution in [0.5, 0.6) is 5.75 Å². The van der Waals surface area contributed by atoms with Gasteiger partial charge >= 0.3 is 0 Å². The largest absolute Gasteiger partial charge is 0.492 e. The Morgan fingerprint density at radius 2 is 1.77 bits per heavy atom. The standard InChI is InChI=1S/C23H25N5O2/c1-18-4-2-3-5-21(18)23-25-22(30-26-23)17-28-12-10-27(11-13-28)14-15-29-20-8-6-19(16-24)7-9-20/h2-9H,10-15,17H2,1H3. The van der Waals surface area contributed by atoms with Crippen molar-refractivity contribution in [1.82, 2.24) is 19.9 Å². The van der Waals surface area contributed by atoms with Crippen molar-refractivity contribution in [2.75, 3.05) is 39.3 Å². The Labute approximate surface area is 176 Å². The van der Waals surface area contributed by atoms with Crippen molar-refractivity contribution in [3.8, 4) is 23.2 Å². The van der Waals surface area contributed by atoms with Gasteiger partial charge in [0, 0.05) is 38.3 Å². The lowest BCUT2D eigenvalue weighted by atomic mass is 10.1. The van der Waals surface area contributed by atoms with Crippen LogP contribution < -0.4 is 4.74 Å². The second-order valence-corrected chi connectivity index (χ2v) is 7.43. The zero-order chi connectivity index (χ0) is 20.8. The van der Waals surface area contributed by atoms with Gasteiger partial charge in [0.2, 0.25) is 11.7 Å². The van der Waals surface area contributed by atoms with Gasteiger partial charge < -0.3 is 9.26 Å². The maximum Gasteiger partial charge on any atom is 0.241 e. The summed E-state index contributed by atoms with van der Waals surface area (Å²) in [5, 5.41) is 13.0. The molecule has 1 aromatic heterocycles. The number of aromatic nitrogens is 2. The third-order valence-electron chi connectivity index (χ3n) is 5.34. The summed E-state index contributed by atoms with van der Waals surface area (Å²) in [5.41, 5.74) is 2.80. The summed E-state index contributed by atoms with van der Waals surface area (Å²) in [7, 11) is 0. The van der Waals surface area contributed by atoms with Crippen molar-refractivity contribution in [3.05, 3.63) is 65.5 Å². The van der Waals surface area contributed by atoms with Crippen LogP contribution in [0.1, 0.15) is 17.0 Å². The molecule has 4 rings (SSSR count). The van der Waals surface area contributed by atoms with Crippen molar-refractivity contribution in [3.63, 3.8) is 0 Å². The summed E-state index contributed by atoms with van der Waals surface area (Å²) in [4.78, 5) is 9.31. The number of aryl methyl sites for hydroxylation is 1. The molecule has 0 aliphatic carbocycles. The van der Waals surface area contributed by atoms with Crippen LogP contribution in [0.15, 0.2) is 53.1 Å². The number of ether oxygens (including phenoxy) is 1. The molecule has 7 heteroatoms. The van der Waals surface area contributed by atoms with Crippen molar-refractivity contribution >= 4 is 0 Å². The van der Waals surface area contributed by atoms with Gasteiger partial charge in [0.25, 0.3) is 0 Å². The van der Waals surface area contributed by atoms with Gasteiger partial charge in [0.05, 0.1) is 18.2 Å². The summed E-state index contributed by atoms with van der Waals surface area (Å²) < 4.78 is 11.3. The van der Waals surface area contributed by atoms with E-state index in [9.17, 15) is 0 Å². The first-order valence-corrected chi connectivity index (χ1v) is 10.2. The number of nitriles is 1. The highest BCUT2D eigenvalue weighted by atomic mass is 16.5. The van der Waals surface area contributed by atoms with Gasteiger partial charge in [-0.3, -0.25) is 9.80 Å². The molecule has 2 heterocycles. The Kier molecular flexibility index (Phi) is 6.38. The molecule has 0 N–H and O–H groups in total. The molecule has 2 aromatic carbocycles. The van der Waals surface area contributed by atoms with Crippen molar-refractivity contribution < 1.29 is 9.26 Å². The van der Waals surface area contributed by atoms with E-state index in [2.05, 4.69) is 39.0 Å². The monoisotopic (exact) mass is 403 g/mol. The van der Waals surface area contributed by atoms with E-state index in [1.54, 1.807) is 12.1 Å². The quantitative estimate of drug-likeness (QED) is 0.600. The van der Waals surface area contributed by atoms with Crippen molar-refractivity contribution in [2.24, 2.45) is 0 Å². The molecule has 154 valence electrons. The molecule has 0 amide bonds. The highest BCUT2D eigenvalue weighted by Crippen LogP contribution is 2.20. The van der Waals surface area contributed by atoms with E-state index in [4.69, 9.17) is 14.5 Å². The molecule has 7 nitrogen and oxygen atoms in total. The highest BCUT2D eigenvalue weighted by molar-refractivity contribution is 5.58. The van der Waals surface area contributed by atoms with Crippen LogP contribution in [0.3, 0.4) is 0 Å². The zero-order valence-electron chi connectivity index (χ0n) is 17.1. The molecular weight excluding hydrogens is 378 g/mol. The van der Waals surface area contributed by atoms with Gasteiger partial charge in [-0.15, -0.1) is 0 Å². The SMILES string of the molecule is Cc1ccccc1-c1noc(CN2CCN(CCOc3ccc(C#N)cc3)CC2)n1. The summed E-state index contributed by atoms with van der Waals surface area (Å²) >= 11 is 0. The van der Waals surface area contributed by atoms with Crippen LogP contribution in [0, 0.1) is 18.3 Å². The summed E-state index contributed by atoms with van der Waals surface area (Å²) in [6, 6.07) is 17.4. The molecule has 0 spiro atoms. The Hall–Kier alpha value is -3.21. The second kappa shape index (κ2) is 9.53. The fraction of sp³-hybridized carbons (Fsp3) is 0.348. The predicted octanol–water partition coefficient (Wildman–Crippen LogP) is 3.11. The van der Waals surface area contributed by atoms with E-state index in [-0.39, 0.29) is 0 Å². The first-order valence-electron chi connectivity index (χ1n) is 10.2. The van der Waals surface area contributed by atoms with Crippen LogP contribution in [0.4, 0.5) is 0 Å². The summed E-state index contributed by atoms with van der Waals surface area (Å²) in [6.45, 7) is 8.12. The summed E-state index contributed by atoms with van der Waals surface area (Å²) in [6.07, 6.45) is 0. The number of piperazine rings is 1. The van der Waals surface area contributed by atoms with Crippen molar-refractivity contribution in [2.45, 2.75) is 13.5 Å². The molecule has 30 heavy (non-hydrogen) atoms. The maximum absolute atomic E-state index is 8.84. The van der Waals surface area contributed by atoms with Crippen LogP contribution in [0.25, 0.3) is 11.4 Å². The first-order chi connectivity index (χ1) is 14.7. The molecule has 3 aromatic rings. The lowest BCUT2D eigenvalue weighted by Gasteiger charge is -2.33.